The molecule has 2 rings (SSSR count). The molecule has 27 heavy (non-hydrogen) atoms. The van der Waals surface area contributed by atoms with Crippen LogP contribution in [-0.4, -0.2) is 32.2 Å². The van der Waals surface area contributed by atoms with Crippen LogP contribution < -0.4 is 20.2 Å². The van der Waals surface area contributed by atoms with E-state index >= 15 is 0 Å². The van der Waals surface area contributed by atoms with E-state index in [1.165, 1.54) is 13.3 Å². The first-order valence-corrected chi connectivity index (χ1v) is 8.53. The van der Waals surface area contributed by atoms with Gasteiger partial charge in [-0.25, -0.2) is 5.43 Å². The highest BCUT2D eigenvalue weighted by atomic mass is 16.5. The van der Waals surface area contributed by atoms with E-state index in [4.69, 9.17) is 9.47 Å². The van der Waals surface area contributed by atoms with Crippen LogP contribution >= 0.6 is 0 Å². The molecule has 0 unspecified atom stereocenters. The molecule has 0 saturated heterocycles. The number of carbonyl (C=O) groups is 2. The SMILES string of the molecule is CCCC(=O)Nc1ccc(C(=O)NN=Cc2cccc(OC)c2OC)cc1. The lowest BCUT2D eigenvalue weighted by Gasteiger charge is -2.09. The van der Waals surface area contributed by atoms with Gasteiger partial charge in [-0.3, -0.25) is 9.59 Å². The van der Waals surface area contributed by atoms with E-state index < -0.39 is 0 Å². The summed E-state index contributed by atoms with van der Waals surface area (Å²) in [6.07, 6.45) is 2.73. The van der Waals surface area contributed by atoms with Crippen molar-refractivity contribution in [2.24, 2.45) is 5.10 Å². The van der Waals surface area contributed by atoms with E-state index in [2.05, 4.69) is 15.8 Å². The summed E-state index contributed by atoms with van der Waals surface area (Å²) in [4.78, 5) is 23.8. The molecule has 0 fully saturated rings. The second kappa shape index (κ2) is 9.96. The van der Waals surface area contributed by atoms with Crippen LogP contribution in [0.5, 0.6) is 11.5 Å². The number of hydrazone groups is 1. The maximum atomic E-state index is 12.2. The van der Waals surface area contributed by atoms with Gasteiger partial charge in [0, 0.05) is 23.2 Å². The Morgan fingerprint density at radius 2 is 1.81 bits per heavy atom. The Bertz CT molecular complexity index is 816. The van der Waals surface area contributed by atoms with E-state index in [1.807, 2.05) is 6.92 Å². The van der Waals surface area contributed by atoms with Crippen molar-refractivity contribution >= 4 is 23.7 Å². The van der Waals surface area contributed by atoms with Crippen molar-refractivity contribution < 1.29 is 19.1 Å². The molecule has 0 atom stereocenters. The molecule has 7 heteroatoms. The first kappa shape index (κ1) is 20.0. The number of anilines is 1. The number of carbonyl (C=O) groups excluding carboxylic acids is 2. The Kier molecular flexibility index (Phi) is 7.37. The molecule has 0 aromatic heterocycles. The highest BCUT2D eigenvalue weighted by molar-refractivity contribution is 5.96. The van der Waals surface area contributed by atoms with Gasteiger partial charge < -0.3 is 14.8 Å². The molecule has 2 N–H and O–H groups in total. The Balaban J connectivity index is 1.99. The number of hydrogen-bond acceptors (Lipinski definition) is 5. The molecule has 2 aromatic carbocycles. The van der Waals surface area contributed by atoms with Crippen LogP contribution in [0.4, 0.5) is 5.69 Å². The van der Waals surface area contributed by atoms with Crippen molar-refractivity contribution in [1.29, 1.82) is 0 Å². The normalized spacial score (nSPS) is 10.5. The summed E-state index contributed by atoms with van der Waals surface area (Å²) < 4.78 is 10.5. The maximum absolute atomic E-state index is 12.2. The molecule has 0 bridgehead atoms. The third-order valence-corrected chi connectivity index (χ3v) is 3.71. The quantitative estimate of drug-likeness (QED) is 0.552. The Morgan fingerprint density at radius 3 is 2.44 bits per heavy atom. The van der Waals surface area contributed by atoms with Crippen LogP contribution in [0.2, 0.25) is 0 Å². The highest BCUT2D eigenvalue weighted by Crippen LogP contribution is 2.29. The standard InChI is InChI=1S/C20H23N3O4/c1-4-6-18(24)22-16-11-9-14(10-12-16)20(25)23-21-13-15-7-5-8-17(26-2)19(15)27-3/h5,7-13H,4,6H2,1-3H3,(H,22,24)(H,23,25). The van der Waals surface area contributed by atoms with Crippen molar-refractivity contribution in [2.45, 2.75) is 19.8 Å². The minimum atomic E-state index is -0.362. The van der Waals surface area contributed by atoms with Crippen LogP contribution in [0, 0.1) is 0 Å². The lowest BCUT2D eigenvalue weighted by molar-refractivity contribution is -0.116. The predicted octanol–water partition coefficient (Wildman–Crippen LogP) is 3.21. The number of amides is 2. The molecular formula is C20H23N3O4. The van der Waals surface area contributed by atoms with Gasteiger partial charge in [0.2, 0.25) is 5.91 Å². The van der Waals surface area contributed by atoms with E-state index in [-0.39, 0.29) is 11.8 Å². The van der Waals surface area contributed by atoms with Crippen molar-refractivity contribution in [2.75, 3.05) is 19.5 Å². The third kappa shape index (κ3) is 5.57. The zero-order valence-electron chi connectivity index (χ0n) is 15.6. The Morgan fingerprint density at radius 1 is 1.07 bits per heavy atom. The van der Waals surface area contributed by atoms with Crippen molar-refractivity contribution in [3.8, 4) is 11.5 Å². The number of hydrogen-bond donors (Lipinski definition) is 2. The lowest BCUT2D eigenvalue weighted by atomic mass is 10.2. The molecule has 0 heterocycles. The number of para-hydroxylation sites is 1. The fourth-order valence-corrected chi connectivity index (χ4v) is 2.39. The van der Waals surface area contributed by atoms with Crippen LogP contribution in [0.3, 0.4) is 0 Å². The number of benzene rings is 2. The summed E-state index contributed by atoms with van der Waals surface area (Å²) >= 11 is 0. The molecule has 7 nitrogen and oxygen atoms in total. The van der Waals surface area contributed by atoms with Gasteiger partial charge in [0.15, 0.2) is 11.5 Å². The summed E-state index contributed by atoms with van der Waals surface area (Å²) in [5, 5.41) is 6.74. The van der Waals surface area contributed by atoms with Gasteiger partial charge in [-0.05, 0) is 42.8 Å². The van der Waals surface area contributed by atoms with E-state index in [0.29, 0.717) is 34.7 Å². The van der Waals surface area contributed by atoms with Crippen molar-refractivity contribution in [3.05, 3.63) is 53.6 Å². The molecule has 0 radical (unpaired) electrons. The molecular weight excluding hydrogens is 346 g/mol. The minimum absolute atomic E-state index is 0.0495. The van der Waals surface area contributed by atoms with Crippen LogP contribution in [0.1, 0.15) is 35.7 Å². The molecule has 0 aliphatic heterocycles. The minimum Gasteiger partial charge on any atom is -0.493 e. The molecule has 2 amide bonds. The Hall–Kier alpha value is -3.35. The molecule has 2 aromatic rings. The van der Waals surface area contributed by atoms with E-state index in [1.54, 1.807) is 49.6 Å². The second-order valence-corrected chi connectivity index (χ2v) is 5.66. The number of methoxy groups -OCH3 is 2. The zero-order valence-corrected chi connectivity index (χ0v) is 15.6. The predicted molar refractivity (Wildman–Crippen MR) is 105 cm³/mol. The smallest absolute Gasteiger partial charge is 0.271 e. The van der Waals surface area contributed by atoms with Crippen LogP contribution in [0.25, 0.3) is 0 Å². The topological polar surface area (TPSA) is 89.0 Å². The zero-order chi connectivity index (χ0) is 19.6. The summed E-state index contributed by atoms with van der Waals surface area (Å²) in [5.74, 6) is 0.699. The summed E-state index contributed by atoms with van der Waals surface area (Å²) in [6, 6.07) is 12.0. The summed E-state index contributed by atoms with van der Waals surface area (Å²) in [5.41, 5.74) is 4.21. The molecule has 0 aliphatic rings. The Labute approximate surface area is 158 Å². The molecule has 142 valence electrons. The van der Waals surface area contributed by atoms with Crippen LogP contribution in [-0.2, 0) is 4.79 Å². The van der Waals surface area contributed by atoms with E-state index in [9.17, 15) is 9.59 Å². The first-order valence-electron chi connectivity index (χ1n) is 8.53. The van der Waals surface area contributed by atoms with Gasteiger partial charge in [0.05, 0.1) is 20.4 Å². The number of ether oxygens (including phenoxy) is 2. The third-order valence-electron chi connectivity index (χ3n) is 3.71. The molecule has 0 saturated carbocycles. The van der Waals surface area contributed by atoms with Gasteiger partial charge in [0.25, 0.3) is 5.91 Å². The fraction of sp³-hybridized carbons (Fsp3) is 0.250. The average Bonchev–Trinajstić information content (AvgIpc) is 2.68. The summed E-state index contributed by atoms with van der Waals surface area (Å²) in [7, 11) is 3.09. The maximum Gasteiger partial charge on any atom is 0.271 e. The number of nitrogens with zero attached hydrogens (tertiary/aromatic N) is 1. The van der Waals surface area contributed by atoms with E-state index in [0.717, 1.165) is 6.42 Å². The van der Waals surface area contributed by atoms with Crippen molar-refractivity contribution in [3.63, 3.8) is 0 Å². The highest BCUT2D eigenvalue weighted by Gasteiger charge is 2.08. The van der Waals surface area contributed by atoms with Gasteiger partial charge in [-0.15, -0.1) is 0 Å². The number of rotatable bonds is 8. The second-order valence-electron chi connectivity index (χ2n) is 5.66. The largest absolute Gasteiger partial charge is 0.493 e. The number of nitrogens with one attached hydrogen (secondary N) is 2. The van der Waals surface area contributed by atoms with Crippen LogP contribution in [0.15, 0.2) is 47.6 Å². The van der Waals surface area contributed by atoms with Gasteiger partial charge in [-0.1, -0.05) is 13.0 Å². The fourth-order valence-electron chi connectivity index (χ4n) is 2.39. The average molecular weight is 369 g/mol. The first-order chi connectivity index (χ1) is 13.1. The molecule has 0 spiro atoms. The molecule has 0 aliphatic carbocycles. The van der Waals surface area contributed by atoms with Gasteiger partial charge in [-0.2, -0.15) is 5.10 Å². The van der Waals surface area contributed by atoms with Crippen molar-refractivity contribution in [1.82, 2.24) is 5.43 Å². The van der Waals surface area contributed by atoms with Gasteiger partial charge >= 0.3 is 0 Å². The lowest BCUT2D eigenvalue weighted by Crippen LogP contribution is -2.18. The van der Waals surface area contributed by atoms with Gasteiger partial charge in [0.1, 0.15) is 0 Å². The monoisotopic (exact) mass is 369 g/mol. The summed E-state index contributed by atoms with van der Waals surface area (Å²) in [6.45, 7) is 1.94.